The van der Waals surface area contributed by atoms with E-state index in [2.05, 4.69) is 5.32 Å². The summed E-state index contributed by atoms with van der Waals surface area (Å²) in [6.07, 6.45) is 0. The van der Waals surface area contributed by atoms with Gasteiger partial charge in [-0.05, 0) is 43.3 Å². The second kappa shape index (κ2) is 9.59. The molecule has 0 atom stereocenters. The number of esters is 1. The van der Waals surface area contributed by atoms with Crippen LogP contribution in [0.3, 0.4) is 0 Å². The molecule has 0 saturated heterocycles. The van der Waals surface area contributed by atoms with E-state index < -0.39 is 25.1 Å². The van der Waals surface area contributed by atoms with Crippen LogP contribution in [0.1, 0.15) is 17.3 Å². The average molecular weight is 392 g/mol. The predicted molar refractivity (Wildman–Crippen MR) is 99.5 cm³/mol. The fraction of sp³-hybridized carbons (Fsp3) is 0.211. The number of hydrogen-bond donors (Lipinski definition) is 1. The quantitative estimate of drug-likeness (QED) is 0.549. The van der Waals surface area contributed by atoms with Crippen LogP contribution < -0.4 is 14.8 Å². The molecule has 2 aromatic rings. The number of ketones is 1. The van der Waals surface area contributed by atoms with Crippen molar-refractivity contribution in [3.05, 3.63) is 53.1 Å². The lowest BCUT2D eigenvalue weighted by atomic mass is 10.1. The molecule has 0 spiro atoms. The molecule has 0 fully saturated rings. The number of amides is 1. The van der Waals surface area contributed by atoms with Crippen LogP contribution in [-0.4, -0.2) is 38.0 Å². The standard InChI is InChI=1S/C19H18ClNO6/c1-12(22)13-6-7-16(17(8-13)25-2)26-11-19(24)27-10-18(23)21-15-5-3-4-14(20)9-15/h3-9H,10-11H2,1-2H3,(H,21,23). The summed E-state index contributed by atoms with van der Waals surface area (Å²) in [6.45, 7) is 0.552. The van der Waals surface area contributed by atoms with Gasteiger partial charge in [0.25, 0.3) is 5.91 Å². The van der Waals surface area contributed by atoms with Gasteiger partial charge in [0.1, 0.15) is 0 Å². The summed E-state index contributed by atoms with van der Waals surface area (Å²) in [5.41, 5.74) is 0.953. The van der Waals surface area contributed by atoms with Crippen molar-refractivity contribution in [3.63, 3.8) is 0 Å². The molecule has 1 amide bonds. The second-order valence-corrected chi connectivity index (χ2v) is 5.87. The van der Waals surface area contributed by atoms with E-state index in [1.165, 1.54) is 26.2 Å². The van der Waals surface area contributed by atoms with Crippen LogP contribution in [0, 0.1) is 0 Å². The van der Waals surface area contributed by atoms with Gasteiger partial charge in [0.2, 0.25) is 0 Å². The molecule has 2 aromatic carbocycles. The Morgan fingerprint density at radius 1 is 1.04 bits per heavy atom. The molecule has 0 saturated carbocycles. The molecule has 1 N–H and O–H groups in total. The van der Waals surface area contributed by atoms with Crippen LogP contribution in [0.25, 0.3) is 0 Å². The molecule has 0 aliphatic heterocycles. The number of nitrogens with one attached hydrogen (secondary N) is 1. The average Bonchev–Trinajstić information content (AvgIpc) is 2.64. The Morgan fingerprint density at radius 2 is 1.81 bits per heavy atom. The highest BCUT2D eigenvalue weighted by molar-refractivity contribution is 6.30. The second-order valence-electron chi connectivity index (χ2n) is 5.43. The Bertz CT molecular complexity index is 852. The van der Waals surface area contributed by atoms with Gasteiger partial charge in [0.15, 0.2) is 30.5 Å². The number of anilines is 1. The van der Waals surface area contributed by atoms with E-state index in [4.69, 9.17) is 25.8 Å². The molecule has 0 aliphatic rings. The molecule has 0 aromatic heterocycles. The number of hydrogen-bond acceptors (Lipinski definition) is 6. The van der Waals surface area contributed by atoms with Crippen LogP contribution in [-0.2, 0) is 14.3 Å². The van der Waals surface area contributed by atoms with Gasteiger partial charge >= 0.3 is 5.97 Å². The molecule has 8 heteroatoms. The summed E-state index contributed by atoms with van der Waals surface area (Å²) in [7, 11) is 1.42. The molecule has 0 radical (unpaired) electrons. The van der Waals surface area contributed by atoms with Crippen molar-refractivity contribution in [2.75, 3.05) is 25.6 Å². The van der Waals surface area contributed by atoms with Gasteiger partial charge in [-0.3, -0.25) is 9.59 Å². The summed E-state index contributed by atoms with van der Waals surface area (Å²) >= 11 is 5.82. The first-order valence-electron chi connectivity index (χ1n) is 7.92. The van der Waals surface area contributed by atoms with Crippen molar-refractivity contribution in [2.45, 2.75) is 6.92 Å². The van der Waals surface area contributed by atoms with Crippen LogP contribution >= 0.6 is 11.6 Å². The molecule has 27 heavy (non-hydrogen) atoms. The third kappa shape index (κ3) is 6.31. The minimum atomic E-state index is -0.728. The smallest absolute Gasteiger partial charge is 0.344 e. The number of Topliss-reactive ketones (excluding diaryl/α,β-unsaturated/α-hetero) is 1. The van der Waals surface area contributed by atoms with Gasteiger partial charge in [-0.15, -0.1) is 0 Å². The highest BCUT2D eigenvalue weighted by atomic mass is 35.5. The Labute approximate surface area is 161 Å². The third-order valence-corrected chi connectivity index (χ3v) is 3.62. The summed E-state index contributed by atoms with van der Waals surface area (Å²) < 4.78 is 15.3. The van der Waals surface area contributed by atoms with Gasteiger partial charge in [0, 0.05) is 16.3 Å². The first-order valence-corrected chi connectivity index (χ1v) is 8.29. The lowest BCUT2D eigenvalue weighted by molar-refractivity contribution is -0.149. The zero-order valence-corrected chi connectivity index (χ0v) is 15.5. The topological polar surface area (TPSA) is 90.9 Å². The van der Waals surface area contributed by atoms with Crippen molar-refractivity contribution in [3.8, 4) is 11.5 Å². The lowest BCUT2D eigenvalue weighted by Gasteiger charge is -2.11. The molecule has 0 heterocycles. The van der Waals surface area contributed by atoms with Crippen LogP contribution in [0.15, 0.2) is 42.5 Å². The summed E-state index contributed by atoms with van der Waals surface area (Å²) in [6, 6.07) is 11.2. The van der Waals surface area contributed by atoms with Crippen LogP contribution in [0.2, 0.25) is 5.02 Å². The number of carbonyl (C=O) groups is 3. The van der Waals surface area contributed by atoms with E-state index in [9.17, 15) is 14.4 Å². The van der Waals surface area contributed by atoms with Crippen molar-refractivity contribution in [1.82, 2.24) is 0 Å². The molecule has 0 bridgehead atoms. The van der Waals surface area contributed by atoms with E-state index in [1.54, 1.807) is 30.3 Å². The first kappa shape index (κ1) is 20.3. The Kier molecular flexibility index (Phi) is 7.19. The number of carbonyl (C=O) groups excluding carboxylic acids is 3. The van der Waals surface area contributed by atoms with Crippen molar-refractivity contribution < 1.29 is 28.6 Å². The van der Waals surface area contributed by atoms with Crippen molar-refractivity contribution in [1.29, 1.82) is 0 Å². The van der Waals surface area contributed by atoms with Crippen molar-refractivity contribution >= 4 is 34.9 Å². The number of rotatable bonds is 8. The number of ether oxygens (including phenoxy) is 3. The molecule has 0 aliphatic carbocycles. The number of halogens is 1. The molecular weight excluding hydrogens is 374 g/mol. The third-order valence-electron chi connectivity index (χ3n) is 3.39. The molecule has 142 valence electrons. The minimum absolute atomic E-state index is 0.120. The molecular formula is C19H18ClNO6. The number of benzene rings is 2. The maximum Gasteiger partial charge on any atom is 0.344 e. The maximum atomic E-state index is 11.8. The highest BCUT2D eigenvalue weighted by Crippen LogP contribution is 2.28. The van der Waals surface area contributed by atoms with E-state index in [0.717, 1.165) is 0 Å². The minimum Gasteiger partial charge on any atom is -0.493 e. The summed E-state index contributed by atoms with van der Waals surface area (Å²) in [5, 5.41) is 3.03. The van der Waals surface area contributed by atoms with E-state index in [0.29, 0.717) is 22.0 Å². The van der Waals surface area contributed by atoms with Gasteiger partial charge in [-0.1, -0.05) is 17.7 Å². The summed E-state index contributed by atoms with van der Waals surface area (Å²) in [4.78, 5) is 34.9. The molecule has 0 unspecified atom stereocenters. The summed E-state index contributed by atoms with van der Waals surface area (Å²) in [5.74, 6) is -0.759. The van der Waals surface area contributed by atoms with Gasteiger partial charge < -0.3 is 19.5 Å². The SMILES string of the molecule is COc1cc(C(C)=O)ccc1OCC(=O)OCC(=O)Nc1cccc(Cl)c1. The van der Waals surface area contributed by atoms with Crippen LogP contribution in [0.5, 0.6) is 11.5 Å². The monoisotopic (exact) mass is 391 g/mol. The zero-order valence-electron chi connectivity index (χ0n) is 14.8. The fourth-order valence-electron chi connectivity index (χ4n) is 2.09. The predicted octanol–water partition coefficient (Wildman–Crippen LogP) is 3.11. The molecule has 7 nitrogen and oxygen atoms in total. The van der Waals surface area contributed by atoms with E-state index in [-0.39, 0.29) is 11.5 Å². The first-order chi connectivity index (χ1) is 12.9. The largest absolute Gasteiger partial charge is 0.493 e. The van der Waals surface area contributed by atoms with Crippen molar-refractivity contribution in [2.24, 2.45) is 0 Å². The maximum absolute atomic E-state index is 11.8. The fourth-order valence-corrected chi connectivity index (χ4v) is 2.28. The zero-order chi connectivity index (χ0) is 19.8. The van der Waals surface area contributed by atoms with E-state index >= 15 is 0 Å². The lowest BCUT2D eigenvalue weighted by Crippen LogP contribution is -2.23. The Hall–Kier alpha value is -3.06. The van der Waals surface area contributed by atoms with E-state index in [1.807, 2.05) is 0 Å². The molecule has 2 rings (SSSR count). The number of methoxy groups -OCH3 is 1. The Balaban J connectivity index is 1.82. The normalized spacial score (nSPS) is 10.0. The van der Waals surface area contributed by atoms with Gasteiger partial charge in [-0.2, -0.15) is 0 Å². The van der Waals surface area contributed by atoms with Gasteiger partial charge in [0.05, 0.1) is 7.11 Å². The highest BCUT2D eigenvalue weighted by Gasteiger charge is 2.12. The Morgan fingerprint density at radius 3 is 2.48 bits per heavy atom. The van der Waals surface area contributed by atoms with Gasteiger partial charge in [-0.25, -0.2) is 4.79 Å². The van der Waals surface area contributed by atoms with Crippen LogP contribution in [0.4, 0.5) is 5.69 Å².